The van der Waals surface area contributed by atoms with Crippen LogP contribution in [0.5, 0.6) is 11.5 Å². The molecule has 1 fully saturated rings. The molecule has 4 N–H and O–H groups in total. The summed E-state index contributed by atoms with van der Waals surface area (Å²) in [5, 5.41) is 31.0. The average Bonchev–Trinajstić information content (AvgIpc) is 2.91. The Hall–Kier alpha value is -2.12. The maximum absolute atomic E-state index is 11.7. The summed E-state index contributed by atoms with van der Waals surface area (Å²) in [6.45, 7) is 25.1. The number of aromatic hydroxyl groups is 2. The Bertz CT molecular complexity index is 1230. The van der Waals surface area contributed by atoms with Gasteiger partial charge in [-0.1, -0.05) is 78.6 Å². The molecule has 0 aromatic heterocycles. The standard InChI is InChI=1S/C39H64N4O2/c1-36(2,3)30-17-26-21-40-38(7,8)25-39(9,10)41-22-27-18-31(37(4,5)6)20-29(35(27)45)24-43(12)33-16-14-13-15-32(33)42(11)23-28(19-30)34(26)44/h17-20,32-33,40-41,44-45H,13-16,21-25H2,1-12H3. The van der Waals surface area contributed by atoms with Gasteiger partial charge in [-0.05, 0) is 83.0 Å². The fraction of sp³-hybridized carbons (Fsp3) is 0.692. The van der Waals surface area contributed by atoms with Gasteiger partial charge in [0.25, 0.3) is 0 Å². The van der Waals surface area contributed by atoms with Gasteiger partial charge in [0, 0.05) is 71.6 Å². The summed E-state index contributed by atoms with van der Waals surface area (Å²) in [5.74, 6) is 0.842. The fourth-order valence-corrected chi connectivity index (χ4v) is 7.69. The molecule has 45 heavy (non-hydrogen) atoms. The van der Waals surface area contributed by atoms with Crippen LogP contribution in [0.4, 0.5) is 0 Å². The molecule has 6 nitrogen and oxygen atoms in total. The Morgan fingerprint density at radius 2 is 0.956 bits per heavy atom. The van der Waals surface area contributed by atoms with Crippen LogP contribution in [0.25, 0.3) is 0 Å². The van der Waals surface area contributed by atoms with E-state index in [1.54, 1.807) is 0 Å². The van der Waals surface area contributed by atoms with Crippen LogP contribution in [0.2, 0.25) is 0 Å². The van der Waals surface area contributed by atoms with Crippen molar-refractivity contribution in [2.45, 2.75) is 162 Å². The molecule has 0 saturated heterocycles. The van der Waals surface area contributed by atoms with E-state index in [-0.39, 0.29) is 21.9 Å². The maximum atomic E-state index is 11.7. The largest absolute Gasteiger partial charge is 0.507 e. The number of hydrogen-bond donors (Lipinski definition) is 4. The van der Waals surface area contributed by atoms with Gasteiger partial charge in [0.15, 0.2) is 0 Å². The van der Waals surface area contributed by atoms with Gasteiger partial charge in [0.1, 0.15) is 11.5 Å². The van der Waals surface area contributed by atoms with Gasteiger partial charge in [-0.2, -0.15) is 0 Å². The summed E-state index contributed by atoms with van der Waals surface area (Å²) in [4.78, 5) is 4.95. The normalized spacial score (nSPS) is 24.3. The molecule has 6 heteroatoms. The molecule has 0 amide bonds. The molecule has 4 bridgehead atoms. The highest BCUT2D eigenvalue weighted by molar-refractivity contribution is 5.47. The molecule has 1 aliphatic heterocycles. The Balaban J connectivity index is 1.81. The van der Waals surface area contributed by atoms with Gasteiger partial charge in [0.2, 0.25) is 0 Å². The lowest BCUT2D eigenvalue weighted by molar-refractivity contribution is 0.0684. The summed E-state index contributed by atoms with van der Waals surface area (Å²) in [6.07, 6.45) is 5.56. The molecule has 0 spiro atoms. The molecule has 252 valence electrons. The number of phenols is 2. The minimum Gasteiger partial charge on any atom is -0.507 e. The van der Waals surface area contributed by atoms with Crippen LogP contribution in [-0.2, 0) is 37.0 Å². The van der Waals surface area contributed by atoms with Crippen LogP contribution in [0.3, 0.4) is 0 Å². The first-order chi connectivity index (χ1) is 20.7. The number of fused-ring (bicyclic) bond motifs is 5. The van der Waals surface area contributed by atoms with Crippen molar-refractivity contribution in [3.63, 3.8) is 0 Å². The van der Waals surface area contributed by atoms with Crippen molar-refractivity contribution in [3.8, 4) is 11.5 Å². The number of hydrogen-bond acceptors (Lipinski definition) is 6. The van der Waals surface area contributed by atoms with Gasteiger partial charge in [-0.3, -0.25) is 9.80 Å². The van der Waals surface area contributed by atoms with Gasteiger partial charge >= 0.3 is 0 Å². The first-order valence-corrected chi connectivity index (χ1v) is 17.3. The van der Waals surface area contributed by atoms with E-state index in [0.29, 0.717) is 49.8 Å². The molecule has 2 aromatic carbocycles. The lowest BCUT2D eigenvalue weighted by Crippen LogP contribution is -2.50. The van der Waals surface area contributed by atoms with E-state index in [1.165, 1.54) is 24.0 Å². The third kappa shape index (κ3) is 8.82. The fourth-order valence-electron chi connectivity index (χ4n) is 7.69. The zero-order chi connectivity index (χ0) is 33.5. The van der Waals surface area contributed by atoms with Crippen LogP contribution < -0.4 is 10.6 Å². The Morgan fingerprint density at radius 1 is 0.622 bits per heavy atom. The van der Waals surface area contributed by atoms with Crippen molar-refractivity contribution in [1.82, 2.24) is 20.4 Å². The zero-order valence-electron chi connectivity index (χ0n) is 30.6. The lowest BCUT2D eigenvalue weighted by Gasteiger charge is -2.43. The molecule has 1 heterocycles. The highest BCUT2D eigenvalue weighted by atomic mass is 16.3. The predicted molar refractivity (Wildman–Crippen MR) is 189 cm³/mol. The summed E-state index contributed by atoms with van der Waals surface area (Å²) < 4.78 is 0. The maximum Gasteiger partial charge on any atom is 0.124 e. The predicted octanol–water partition coefficient (Wildman–Crippen LogP) is 7.71. The zero-order valence-corrected chi connectivity index (χ0v) is 30.6. The van der Waals surface area contributed by atoms with Gasteiger partial charge in [0.05, 0.1) is 0 Å². The second-order valence-corrected chi connectivity index (χ2v) is 17.7. The molecule has 4 rings (SSSR count). The molecule has 2 unspecified atom stereocenters. The van der Waals surface area contributed by atoms with Crippen LogP contribution in [0.15, 0.2) is 24.3 Å². The van der Waals surface area contributed by atoms with E-state index >= 15 is 0 Å². The summed E-state index contributed by atoms with van der Waals surface area (Å²) >= 11 is 0. The van der Waals surface area contributed by atoms with Crippen molar-refractivity contribution in [1.29, 1.82) is 0 Å². The van der Waals surface area contributed by atoms with E-state index in [2.05, 4.69) is 128 Å². The van der Waals surface area contributed by atoms with Gasteiger partial charge in [-0.15, -0.1) is 0 Å². The highest BCUT2D eigenvalue weighted by Gasteiger charge is 2.34. The topological polar surface area (TPSA) is 71.0 Å². The molecule has 2 aromatic rings. The van der Waals surface area contributed by atoms with Crippen LogP contribution in [0, 0.1) is 0 Å². The summed E-state index contributed by atoms with van der Waals surface area (Å²) in [7, 11) is 4.46. The van der Waals surface area contributed by atoms with Crippen molar-refractivity contribution < 1.29 is 10.2 Å². The van der Waals surface area contributed by atoms with Crippen molar-refractivity contribution >= 4 is 0 Å². The van der Waals surface area contributed by atoms with E-state index in [9.17, 15) is 10.2 Å². The highest BCUT2D eigenvalue weighted by Crippen LogP contribution is 2.37. The minimum absolute atomic E-state index is 0.0261. The van der Waals surface area contributed by atoms with E-state index in [4.69, 9.17) is 0 Å². The molecular weight excluding hydrogens is 556 g/mol. The monoisotopic (exact) mass is 621 g/mol. The Morgan fingerprint density at radius 3 is 1.29 bits per heavy atom. The SMILES string of the molecule is CN1Cc2cc(C(C)(C)C)cc(c2O)CNC(C)(C)CC(C)(C)NCc2cc(C(C)(C)C)cc(c2O)CN(C)C2CCCCC21. The first-order valence-electron chi connectivity index (χ1n) is 17.3. The quantitative estimate of drug-likeness (QED) is 0.242. The number of benzene rings is 2. The third-order valence-corrected chi connectivity index (χ3v) is 10.3. The van der Waals surface area contributed by atoms with Crippen LogP contribution in [-0.4, -0.2) is 57.3 Å². The van der Waals surface area contributed by atoms with Crippen LogP contribution in [0.1, 0.15) is 135 Å². The molecule has 2 atom stereocenters. The molecular formula is C39H64N4O2. The van der Waals surface area contributed by atoms with Gasteiger partial charge in [-0.25, -0.2) is 0 Å². The van der Waals surface area contributed by atoms with E-state index in [0.717, 1.165) is 41.5 Å². The lowest BCUT2D eigenvalue weighted by atomic mass is 9.83. The van der Waals surface area contributed by atoms with E-state index in [1.807, 2.05) is 0 Å². The van der Waals surface area contributed by atoms with E-state index < -0.39 is 0 Å². The van der Waals surface area contributed by atoms with Crippen molar-refractivity contribution in [2.75, 3.05) is 14.1 Å². The molecule has 1 saturated carbocycles. The third-order valence-electron chi connectivity index (χ3n) is 10.3. The van der Waals surface area contributed by atoms with Gasteiger partial charge < -0.3 is 20.8 Å². The second kappa shape index (κ2) is 13.2. The number of likely N-dealkylation sites (N-methyl/N-ethyl adjacent to an activating group) is 2. The molecule has 1 aliphatic carbocycles. The summed E-state index contributed by atoms with van der Waals surface area (Å²) in [5.41, 5.74) is 6.02. The molecule has 0 radical (unpaired) electrons. The molecule has 2 aliphatic rings. The second-order valence-electron chi connectivity index (χ2n) is 17.7. The smallest absolute Gasteiger partial charge is 0.124 e. The number of phenolic OH excluding ortho intramolecular Hbond substituents is 2. The van der Waals surface area contributed by atoms with Crippen LogP contribution >= 0.6 is 0 Å². The Kier molecular flexibility index (Phi) is 10.5. The Labute approximate surface area is 275 Å². The minimum atomic E-state index is -0.195. The number of rotatable bonds is 0. The van der Waals surface area contributed by atoms with Crippen molar-refractivity contribution in [3.05, 3.63) is 57.6 Å². The summed E-state index contributed by atoms with van der Waals surface area (Å²) in [6, 6.07) is 9.59. The first kappa shape index (κ1) is 35.7. The van der Waals surface area contributed by atoms with Crippen molar-refractivity contribution in [2.24, 2.45) is 0 Å². The average molecular weight is 621 g/mol. The number of nitrogens with zero attached hydrogens (tertiary/aromatic N) is 2. The number of nitrogens with one attached hydrogen (secondary N) is 2.